The van der Waals surface area contributed by atoms with Crippen LogP contribution in [-0.2, 0) is 0 Å². The Hall–Kier alpha value is -1.47. The van der Waals surface area contributed by atoms with Gasteiger partial charge in [-0.3, -0.25) is 0 Å². The lowest BCUT2D eigenvalue weighted by Gasteiger charge is -1.98. The molecule has 2 aromatic rings. The fourth-order valence-corrected chi connectivity index (χ4v) is 2.26. The standard InChI is InChI=1S/C16H16S/c1-13-6-8-16(9-7-13)17-11-10-15-5-3-4-14(2)12-15/h3-12H,1-2H3/b11-10+. The lowest BCUT2D eigenvalue weighted by atomic mass is 10.1. The fourth-order valence-electron chi connectivity index (χ4n) is 1.58. The van der Waals surface area contributed by atoms with Crippen LogP contribution in [0.2, 0.25) is 0 Å². The molecule has 86 valence electrons. The summed E-state index contributed by atoms with van der Waals surface area (Å²) in [5.74, 6) is 0. The van der Waals surface area contributed by atoms with E-state index in [4.69, 9.17) is 0 Å². The van der Waals surface area contributed by atoms with Gasteiger partial charge < -0.3 is 0 Å². The summed E-state index contributed by atoms with van der Waals surface area (Å²) in [7, 11) is 0. The third-order valence-electron chi connectivity index (χ3n) is 2.53. The predicted octanol–water partition coefficient (Wildman–Crippen LogP) is 5.07. The van der Waals surface area contributed by atoms with Crippen molar-refractivity contribution in [3.05, 3.63) is 70.6 Å². The van der Waals surface area contributed by atoms with Crippen molar-refractivity contribution in [2.24, 2.45) is 0 Å². The van der Waals surface area contributed by atoms with Gasteiger partial charge in [0, 0.05) is 4.90 Å². The van der Waals surface area contributed by atoms with Crippen molar-refractivity contribution in [1.82, 2.24) is 0 Å². The lowest BCUT2D eigenvalue weighted by molar-refractivity contribution is 1.38. The average Bonchev–Trinajstić information content (AvgIpc) is 2.32. The summed E-state index contributed by atoms with van der Waals surface area (Å²) in [6.45, 7) is 4.22. The van der Waals surface area contributed by atoms with Crippen molar-refractivity contribution in [3.63, 3.8) is 0 Å². The van der Waals surface area contributed by atoms with Gasteiger partial charge in [-0.15, -0.1) is 0 Å². The van der Waals surface area contributed by atoms with Crippen LogP contribution in [0.3, 0.4) is 0 Å². The van der Waals surface area contributed by atoms with Gasteiger partial charge in [-0.05, 0) is 43.0 Å². The molecule has 0 saturated heterocycles. The molecule has 0 N–H and O–H groups in total. The van der Waals surface area contributed by atoms with Crippen LogP contribution in [0.15, 0.2) is 58.8 Å². The Bertz CT molecular complexity index is 509. The first-order valence-electron chi connectivity index (χ1n) is 5.70. The van der Waals surface area contributed by atoms with E-state index >= 15 is 0 Å². The topological polar surface area (TPSA) is 0 Å². The van der Waals surface area contributed by atoms with Gasteiger partial charge in [0.25, 0.3) is 0 Å². The molecule has 0 aliphatic heterocycles. The summed E-state index contributed by atoms with van der Waals surface area (Å²) in [6.07, 6.45) is 2.15. The van der Waals surface area contributed by atoms with E-state index in [-0.39, 0.29) is 0 Å². The summed E-state index contributed by atoms with van der Waals surface area (Å²) in [4.78, 5) is 1.28. The molecule has 0 spiro atoms. The van der Waals surface area contributed by atoms with Crippen LogP contribution in [0.25, 0.3) is 6.08 Å². The molecular formula is C16H16S. The van der Waals surface area contributed by atoms with Crippen molar-refractivity contribution in [2.75, 3.05) is 0 Å². The molecule has 1 heteroatoms. The Morgan fingerprint density at radius 3 is 2.35 bits per heavy atom. The molecule has 17 heavy (non-hydrogen) atoms. The zero-order valence-corrected chi connectivity index (χ0v) is 11.0. The third kappa shape index (κ3) is 3.79. The first kappa shape index (κ1) is 12.0. The van der Waals surface area contributed by atoms with Crippen molar-refractivity contribution in [2.45, 2.75) is 18.7 Å². The van der Waals surface area contributed by atoms with Gasteiger partial charge in [-0.2, -0.15) is 0 Å². The molecule has 0 aliphatic rings. The first-order chi connectivity index (χ1) is 8.24. The SMILES string of the molecule is Cc1ccc(S/C=C/c2cccc(C)c2)cc1. The number of thioether (sulfide) groups is 1. The molecule has 0 amide bonds. The Morgan fingerprint density at radius 1 is 0.882 bits per heavy atom. The monoisotopic (exact) mass is 240 g/mol. The van der Waals surface area contributed by atoms with Crippen LogP contribution in [-0.4, -0.2) is 0 Å². The van der Waals surface area contributed by atoms with Gasteiger partial charge >= 0.3 is 0 Å². The van der Waals surface area contributed by atoms with Crippen molar-refractivity contribution < 1.29 is 0 Å². The summed E-state index contributed by atoms with van der Waals surface area (Å²) in [5.41, 5.74) is 3.86. The smallest absolute Gasteiger partial charge is 0.0116 e. The number of hydrogen-bond donors (Lipinski definition) is 0. The molecule has 2 rings (SSSR count). The summed E-state index contributed by atoms with van der Waals surface area (Å²) < 4.78 is 0. The van der Waals surface area contributed by atoms with Crippen molar-refractivity contribution in [1.29, 1.82) is 0 Å². The van der Waals surface area contributed by atoms with Gasteiger partial charge in [0.15, 0.2) is 0 Å². The second-order valence-corrected chi connectivity index (χ2v) is 5.13. The van der Waals surface area contributed by atoms with Gasteiger partial charge in [-0.1, -0.05) is 59.3 Å². The van der Waals surface area contributed by atoms with Crippen LogP contribution in [0, 0.1) is 13.8 Å². The highest BCUT2D eigenvalue weighted by Gasteiger charge is 1.90. The van der Waals surface area contributed by atoms with Gasteiger partial charge in [0.1, 0.15) is 0 Å². The van der Waals surface area contributed by atoms with Gasteiger partial charge in [0.2, 0.25) is 0 Å². The fraction of sp³-hybridized carbons (Fsp3) is 0.125. The molecule has 0 aromatic heterocycles. The first-order valence-corrected chi connectivity index (χ1v) is 6.58. The van der Waals surface area contributed by atoms with E-state index in [0.717, 1.165) is 0 Å². The molecule has 2 aromatic carbocycles. The Morgan fingerprint density at radius 2 is 1.65 bits per heavy atom. The van der Waals surface area contributed by atoms with Crippen LogP contribution in [0.4, 0.5) is 0 Å². The maximum absolute atomic E-state index is 2.19. The molecule has 0 heterocycles. The molecule has 0 unspecified atom stereocenters. The molecule has 0 radical (unpaired) electrons. The van der Waals surface area contributed by atoms with E-state index in [2.05, 4.69) is 73.9 Å². The summed E-state index contributed by atoms with van der Waals surface area (Å²) in [6, 6.07) is 17.1. The van der Waals surface area contributed by atoms with E-state index in [0.29, 0.717) is 0 Å². The average molecular weight is 240 g/mol. The van der Waals surface area contributed by atoms with Crippen LogP contribution in [0.1, 0.15) is 16.7 Å². The van der Waals surface area contributed by atoms with Crippen molar-refractivity contribution in [3.8, 4) is 0 Å². The maximum atomic E-state index is 2.19. The number of benzene rings is 2. The summed E-state index contributed by atoms with van der Waals surface area (Å²) >= 11 is 1.75. The minimum absolute atomic E-state index is 1.25. The van der Waals surface area contributed by atoms with E-state index in [1.54, 1.807) is 11.8 Å². The maximum Gasteiger partial charge on any atom is 0.0116 e. The van der Waals surface area contributed by atoms with E-state index < -0.39 is 0 Å². The van der Waals surface area contributed by atoms with Crippen LogP contribution >= 0.6 is 11.8 Å². The Balaban J connectivity index is 2.00. The van der Waals surface area contributed by atoms with E-state index in [1.807, 2.05) is 0 Å². The molecule has 0 fully saturated rings. The summed E-state index contributed by atoms with van der Waals surface area (Å²) in [5, 5.41) is 2.14. The minimum Gasteiger partial charge on any atom is -0.0981 e. The van der Waals surface area contributed by atoms with Gasteiger partial charge in [0.05, 0.1) is 0 Å². The zero-order chi connectivity index (χ0) is 12.1. The van der Waals surface area contributed by atoms with E-state index in [1.165, 1.54) is 21.6 Å². The van der Waals surface area contributed by atoms with Crippen LogP contribution < -0.4 is 0 Å². The second kappa shape index (κ2) is 5.74. The van der Waals surface area contributed by atoms with Crippen LogP contribution in [0.5, 0.6) is 0 Å². The predicted molar refractivity (Wildman–Crippen MR) is 77.2 cm³/mol. The van der Waals surface area contributed by atoms with Crippen molar-refractivity contribution >= 4 is 17.8 Å². The normalized spacial score (nSPS) is 10.9. The highest BCUT2D eigenvalue weighted by atomic mass is 32.2. The molecule has 0 aliphatic carbocycles. The molecule has 0 atom stereocenters. The third-order valence-corrected chi connectivity index (χ3v) is 3.34. The Kier molecular flexibility index (Phi) is 4.05. The van der Waals surface area contributed by atoms with Gasteiger partial charge in [-0.25, -0.2) is 0 Å². The minimum atomic E-state index is 1.25. The quantitative estimate of drug-likeness (QED) is 0.675. The highest BCUT2D eigenvalue weighted by Crippen LogP contribution is 2.20. The number of hydrogen-bond acceptors (Lipinski definition) is 1. The number of aryl methyl sites for hydroxylation is 2. The largest absolute Gasteiger partial charge is 0.0981 e. The zero-order valence-electron chi connectivity index (χ0n) is 10.2. The molecule has 0 bridgehead atoms. The number of rotatable bonds is 3. The Labute approximate surface area is 107 Å². The molecule has 0 nitrogen and oxygen atoms in total. The molecular weight excluding hydrogens is 224 g/mol. The second-order valence-electron chi connectivity index (χ2n) is 4.15. The lowest BCUT2D eigenvalue weighted by Crippen LogP contribution is -1.74. The molecule has 0 saturated carbocycles. The van der Waals surface area contributed by atoms with E-state index in [9.17, 15) is 0 Å². The highest BCUT2D eigenvalue weighted by molar-refractivity contribution is 8.02.